The number of nitrogens with zero attached hydrogens (tertiary/aromatic N) is 2. The predicted molar refractivity (Wildman–Crippen MR) is 63.5 cm³/mol. The molecule has 1 heterocycles. The molecule has 1 saturated heterocycles. The van der Waals surface area contributed by atoms with Crippen LogP contribution in [0.1, 0.15) is 18.1 Å². The van der Waals surface area contributed by atoms with Gasteiger partial charge < -0.3 is 9.64 Å². The highest BCUT2D eigenvalue weighted by Gasteiger charge is 2.19. The van der Waals surface area contributed by atoms with E-state index in [1.54, 1.807) is 0 Å². The van der Waals surface area contributed by atoms with Crippen molar-refractivity contribution in [3.05, 3.63) is 29.3 Å². The summed E-state index contributed by atoms with van der Waals surface area (Å²) in [7, 11) is 0. The van der Waals surface area contributed by atoms with Gasteiger partial charge in [0, 0.05) is 13.1 Å². The minimum atomic E-state index is 0.237. The Labute approximate surface area is 96.2 Å². The van der Waals surface area contributed by atoms with Crippen LogP contribution in [-0.4, -0.2) is 25.8 Å². The molecule has 0 aromatic heterocycles. The van der Waals surface area contributed by atoms with Crippen LogP contribution in [0.25, 0.3) is 0 Å². The second-order valence-electron chi connectivity index (χ2n) is 4.26. The number of hydrogen-bond donors (Lipinski definition) is 0. The van der Waals surface area contributed by atoms with Crippen molar-refractivity contribution in [2.75, 3.05) is 24.6 Å². The third kappa shape index (κ3) is 2.17. The van der Waals surface area contributed by atoms with Crippen LogP contribution in [0.4, 0.5) is 5.69 Å². The molecule has 1 unspecified atom stereocenters. The van der Waals surface area contributed by atoms with Crippen molar-refractivity contribution in [2.45, 2.75) is 20.0 Å². The van der Waals surface area contributed by atoms with Gasteiger partial charge in [-0.05, 0) is 31.5 Å². The molecule has 0 aliphatic carbocycles. The summed E-state index contributed by atoms with van der Waals surface area (Å²) in [6, 6.07) is 8.20. The minimum Gasteiger partial charge on any atom is -0.375 e. The number of nitriles is 1. The molecule has 1 aromatic rings. The average Bonchev–Trinajstić information content (AvgIpc) is 2.29. The van der Waals surface area contributed by atoms with Gasteiger partial charge in [-0.2, -0.15) is 5.26 Å². The van der Waals surface area contributed by atoms with Crippen molar-refractivity contribution in [2.24, 2.45) is 0 Å². The maximum Gasteiger partial charge on any atom is 0.101 e. The summed E-state index contributed by atoms with van der Waals surface area (Å²) in [6.07, 6.45) is 0.237. The highest BCUT2D eigenvalue weighted by molar-refractivity contribution is 5.60. The van der Waals surface area contributed by atoms with Crippen LogP contribution >= 0.6 is 0 Å². The normalized spacial score (nSPS) is 20.6. The van der Waals surface area contributed by atoms with E-state index in [1.807, 2.05) is 12.1 Å². The maximum atomic E-state index is 9.10. The van der Waals surface area contributed by atoms with E-state index in [0.29, 0.717) is 0 Å². The van der Waals surface area contributed by atoms with Crippen LogP contribution in [-0.2, 0) is 4.74 Å². The smallest absolute Gasteiger partial charge is 0.101 e. The highest BCUT2D eigenvalue weighted by atomic mass is 16.5. The fraction of sp³-hybridized carbons (Fsp3) is 0.462. The van der Waals surface area contributed by atoms with Crippen LogP contribution in [0, 0.1) is 18.3 Å². The fourth-order valence-corrected chi connectivity index (χ4v) is 2.04. The molecule has 1 aliphatic heterocycles. The Morgan fingerprint density at radius 2 is 2.31 bits per heavy atom. The molecule has 0 amide bonds. The van der Waals surface area contributed by atoms with E-state index >= 15 is 0 Å². The summed E-state index contributed by atoms with van der Waals surface area (Å²) in [4.78, 5) is 2.24. The van der Waals surface area contributed by atoms with E-state index in [2.05, 4.69) is 30.9 Å². The molecular weight excluding hydrogens is 200 g/mol. The van der Waals surface area contributed by atoms with Gasteiger partial charge in [-0.3, -0.25) is 0 Å². The number of rotatable bonds is 1. The van der Waals surface area contributed by atoms with Crippen LogP contribution in [0.15, 0.2) is 18.2 Å². The highest BCUT2D eigenvalue weighted by Crippen LogP contribution is 2.23. The molecule has 3 nitrogen and oxygen atoms in total. The third-order valence-corrected chi connectivity index (χ3v) is 2.86. The second-order valence-corrected chi connectivity index (χ2v) is 4.26. The SMILES string of the molecule is Cc1ccc(C#N)c(N2CCOC(C)C2)c1. The maximum absolute atomic E-state index is 9.10. The monoisotopic (exact) mass is 216 g/mol. The molecule has 3 heteroatoms. The van der Waals surface area contributed by atoms with E-state index in [4.69, 9.17) is 10.00 Å². The van der Waals surface area contributed by atoms with Gasteiger partial charge in [-0.15, -0.1) is 0 Å². The number of aryl methyl sites for hydroxylation is 1. The number of hydrogen-bond acceptors (Lipinski definition) is 3. The number of morpholine rings is 1. The van der Waals surface area contributed by atoms with Crippen molar-refractivity contribution in [3.63, 3.8) is 0 Å². The summed E-state index contributed by atoms with van der Waals surface area (Å²) in [5, 5.41) is 9.10. The molecule has 16 heavy (non-hydrogen) atoms. The molecule has 0 bridgehead atoms. The van der Waals surface area contributed by atoms with Crippen molar-refractivity contribution in [1.82, 2.24) is 0 Å². The summed E-state index contributed by atoms with van der Waals surface area (Å²) in [6.45, 7) is 6.57. The average molecular weight is 216 g/mol. The predicted octanol–water partition coefficient (Wildman–Crippen LogP) is 2.09. The molecule has 1 aliphatic rings. The topological polar surface area (TPSA) is 36.3 Å². The molecule has 1 fully saturated rings. The van der Waals surface area contributed by atoms with Crippen LogP contribution in [0.5, 0.6) is 0 Å². The lowest BCUT2D eigenvalue weighted by molar-refractivity contribution is 0.0532. The summed E-state index contributed by atoms with van der Waals surface area (Å²) in [5.41, 5.74) is 2.98. The van der Waals surface area contributed by atoms with Crippen LogP contribution in [0.3, 0.4) is 0 Å². The van der Waals surface area contributed by atoms with Gasteiger partial charge in [0.2, 0.25) is 0 Å². The van der Waals surface area contributed by atoms with Gasteiger partial charge in [0.25, 0.3) is 0 Å². The Bertz CT molecular complexity index is 422. The van der Waals surface area contributed by atoms with Gasteiger partial charge in [-0.1, -0.05) is 6.07 Å². The van der Waals surface area contributed by atoms with Gasteiger partial charge in [-0.25, -0.2) is 0 Å². The van der Waals surface area contributed by atoms with E-state index in [9.17, 15) is 0 Å². The minimum absolute atomic E-state index is 0.237. The van der Waals surface area contributed by atoms with Crippen molar-refractivity contribution in [1.29, 1.82) is 5.26 Å². The fourth-order valence-electron chi connectivity index (χ4n) is 2.04. The third-order valence-electron chi connectivity index (χ3n) is 2.86. The van der Waals surface area contributed by atoms with Gasteiger partial charge >= 0.3 is 0 Å². The van der Waals surface area contributed by atoms with Crippen LogP contribution < -0.4 is 4.90 Å². The lowest BCUT2D eigenvalue weighted by Crippen LogP contribution is -2.41. The zero-order valence-electron chi connectivity index (χ0n) is 9.73. The zero-order chi connectivity index (χ0) is 11.5. The standard InChI is InChI=1S/C13H16N2O/c1-10-3-4-12(8-14)13(7-10)15-5-6-16-11(2)9-15/h3-4,7,11H,5-6,9H2,1-2H3. The van der Waals surface area contributed by atoms with Crippen molar-refractivity contribution >= 4 is 5.69 Å². The first-order valence-corrected chi connectivity index (χ1v) is 5.58. The Morgan fingerprint density at radius 3 is 3.00 bits per heavy atom. The van der Waals surface area contributed by atoms with Gasteiger partial charge in [0.1, 0.15) is 6.07 Å². The molecule has 1 atom stereocenters. The number of anilines is 1. The number of ether oxygens (including phenoxy) is 1. The Morgan fingerprint density at radius 1 is 1.50 bits per heavy atom. The molecule has 0 saturated carbocycles. The summed E-state index contributed by atoms with van der Waals surface area (Å²) >= 11 is 0. The molecule has 84 valence electrons. The molecular formula is C13H16N2O. The molecule has 0 radical (unpaired) electrons. The van der Waals surface area contributed by atoms with E-state index in [1.165, 1.54) is 5.56 Å². The van der Waals surface area contributed by atoms with E-state index in [-0.39, 0.29) is 6.10 Å². The van der Waals surface area contributed by atoms with E-state index in [0.717, 1.165) is 30.9 Å². The van der Waals surface area contributed by atoms with Crippen LogP contribution in [0.2, 0.25) is 0 Å². The first kappa shape index (κ1) is 11.0. The zero-order valence-corrected chi connectivity index (χ0v) is 9.73. The quantitative estimate of drug-likeness (QED) is 0.721. The number of benzene rings is 1. The van der Waals surface area contributed by atoms with Gasteiger partial charge in [0.05, 0.1) is 24.0 Å². The molecule has 0 spiro atoms. The van der Waals surface area contributed by atoms with Gasteiger partial charge in [0.15, 0.2) is 0 Å². The Balaban J connectivity index is 2.31. The Kier molecular flexibility index (Phi) is 3.12. The first-order valence-electron chi connectivity index (χ1n) is 5.58. The summed E-state index contributed by atoms with van der Waals surface area (Å²) < 4.78 is 5.51. The summed E-state index contributed by atoms with van der Waals surface area (Å²) in [5.74, 6) is 0. The Hall–Kier alpha value is -1.53. The lowest BCUT2D eigenvalue weighted by Gasteiger charge is -2.33. The first-order chi connectivity index (χ1) is 7.70. The van der Waals surface area contributed by atoms with Crippen molar-refractivity contribution < 1.29 is 4.74 Å². The lowest BCUT2D eigenvalue weighted by atomic mass is 10.1. The molecule has 0 N–H and O–H groups in total. The molecule has 2 rings (SSSR count). The van der Waals surface area contributed by atoms with Crippen molar-refractivity contribution in [3.8, 4) is 6.07 Å². The largest absolute Gasteiger partial charge is 0.375 e. The molecule has 1 aromatic carbocycles. The second kappa shape index (κ2) is 4.54. The van der Waals surface area contributed by atoms with E-state index < -0.39 is 0 Å².